The minimum atomic E-state index is 0.329. The topological polar surface area (TPSA) is 32.3 Å². The van der Waals surface area contributed by atoms with Gasteiger partial charge in [-0.15, -0.1) is 0 Å². The number of fused-ring (bicyclic) bond motifs is 1. The van der Waals surface area contributed by atoms with Gasteiger partial charge in [0.25, 0.3) is 0 Å². The third-order valence-corrected chi connectivity index (χ3v) is 4.47. The van der Waals surface area contributed by atoms with Crippen LogP contribution in [0.15, 0.2) is 42.5 Å². The van der Waals surface area contributed by atoms with Crippen molar-refractivity contribution < 1.29 is 5.11 Å². The second-order valence-electron chi connectivity index (χ2n) is 6.13. The molecule has 0 bridgehead atoms. The van der Waals surface area contributed by atoms with Gasteiger partial charge in [-0.2, -0.15) is 0 Å². The fraction of sp³-hybridized carbons (Fsp3) is 0.368. The first-order valence-corrected chi connectivity index (χ1v) is 7.78. The van der Waals surface area contributed by atoms with E-state index in [4.69, 9.17) is 0 Å². The van der Waals surface area contributed by atoms with Crippen LogP contribution in [0.2, 0.25) is 0 Å². The molecule has 0 saturated heterocycles. The Balaban J connectivity index is 1.78. The van der Waals surface area contributed by atoms with Crippen molar-refractivity contribution in [3.05, 3.63) is 64.7 Å². The van der Waals surface area contributed by atoms with E-state index in [0.29, 0.717) is 17.8 Å². The van der Waals surface area contributed by atoms with Crippen LogP contribution in [-0.2, 0) is 6.42 Å². The summed E-state index contributed by atoms with van der Waals surface area (Å²) >= 11 is 0. The summed E-state index contributed by atoms with van der Waals surface area (Å²) in [6, 6.07) is 15.2. The standard InChI is InChI=1S/C19H23NO/c1-13-6-8-15(9-7-13)14(2)20-19-5-3-4-16-12-17(21)10-11-18(16)19/h6-12,14,19-21H,3-5H2,1-2H3/t14-,19?/m1/s1. The highest BCUT2D eigenvalue weighted by Crippen LogP contribution is 2.33. The zero-order valence-corrected chi connectivity index (χ0v) is 12.8. The van der Waals surface area contributed by atoms with Gasteiger partial charge in [0.2, 0.25) is 0 Å². The third kappa shape index (κ3) is 3.11. The van der Waals surface area contributed by atoms with Crippen molar-refractivity contribution in [2.24, 2.45) is 0 Å². The Morgan fingerprint density at radius 3 is 2.67 bits per heavy atom. The largest absolute Gasteiger partial charge is 0.508 e. The van der Waals surface area contributed by atoms with Gasteiger partial charge >= 0.3 is 0 Å². The molecule has 0 aliphatic heterocycles. The lowest BCUT2D eigenvalue weighted by atomic mass is 9.87. The van der Waals surface area contributed by atoms with Gasteiger partial charge in [-0.25, -0.2) is 0 Å². The molecule has 2 nitrogen and oxygen atoms in total. The van der Waals surface area contributed by atoms with Crippen LogP contribution < -0.4 is 5.32 Å². The van der Waals surface area contributed by atoms with E-state index in [-0.39, 0.29) is 0 Å². The maximum absolute atomic E-state index is 9.64. The molecular formula is C19H23NO. The van der Waals surface area contributed by atoms with Crippen LogP contribution in [0.3, 0.4) is 0 Å². The van der Waals surface area contributed by atoms with Crippen molar-refractivity contribution in [3.63, 3.8) is 0 Å². The number of benzene rings is 2. The summed E-state index contributed by atoms with van der Waals surface area (Å²) < 4.78 is 0. The van der Waals surface area contributed by atoms with Gasteiger partial charge in [0, 0.05) is 12.1 Å². The second kappa shape index (κ2) is 5.90. The second-order valence-corrected chi connectivity index (χ2v) is 6.13. The SMILES string of the molecule is Cc1ccc([C@@H](C)NC2CCCc3cc(O)ccc32)cc1. The maximum Gasteiger partial charge on any atom is 0.115 e. The summed E-state index contributed by atoms with van der Waals surface area (Å²) in [5.41, 5.74) is 5.25. The molecule has 1 aliphatic rings. The van der Waals surface area contributed by atoms with Gasteiger partial charge in [0.15, 0.2) is 0 Å². The Hall–Kier alpha value is -1.80. The van der Waals surface area contributed by atoms with Crippen LogP contribution in [0, 0.1) is 6.92 Å². The molecule has 1 unspecified atom stereocenters. The predicted octanol–water partition coefficient (Wildman–Crippen LogP) is 4.43. The maximum atomic E-state index is 9.64. The highest BCUT2D eigenvalue weighted by Gasteiger charge is 2.22. The van der Waals surface area contributed by atoms with E-state index in [9.17, 15) is 5.11 Å². The average molecular weight is 281 g/mol. The van der Waals surface area contributed by atoms with E-state index in [0.717, 1.165) is 12.8 Å². The van der Waals surface area contributed by atoms with E-state index < -0.39 is 0 Å². The summed E-state index contributed by atoms with van der Waals surface area (Å²) in [7, 11) is 0. The molecule has 21 heavy (non-hydrogen) atoms. The summed E-state index contributed by atoms with van der Waals surface area (Å²) in [5, 5.41) is 13.4. The molecule has 0 aromatic heterocycles. The molecule has 2 N–H and O–H groups in total. The highest BCUT2D eigenvalue weighted by molar-refractivity contribution is 5.38. The first kappa shape index (κ1) is 14.2. The molecule has 1 aliphatic carbocycles. The Bertz CT molecular complexity index is 618. The number of aromatic hydroxyl groups is 1. The van der Waals surface area contributed by atoms with E-state index in [2.05, 4.69) is 49.5 Å². The quantitative estimate of drug-likeness (QED) is 0.872. The van der Waals surface area contributed by atoms with Crippen LogP contribution in [0.25, 0.3) is 0 Å². The molecule has 2 aromatic rings. The van der Waals surface area contributed by atoms with Gasteiger partial charge in [0.05, 0.1) is 0 Å². The number of nitrogens with one attached hydrogen (secondary N) is 1. The number of phenols is 1. The number of rotatable bonds is 3. The number of hydrogen-bond acceptors (Lipinski definition) is 2. The lowest BCUT2D eigenvalue weighted by Gasteiger charge is -2.29. The zero-order chi connectivity index (χ0) is 14.8. The normalized spacial score (nSPS) is 19.0. The molecular weight excluding hydrogens is 258 g/mol. The lowest BCUT2D eigenvalue weighted by Crippen LogP contribution is -2.27. The third-order valence-electron chi connectivity index (χ3n) is 4.47. The van der Waals surface area contributed by atoms with E-state index in [1.54, 1.807) is 6.07 Å². The van der Waals surface area contributed by atoms with Crippen molar-refractivity contribution in [1.82, 2.24) is 5.32 Å². The lowest BCUT2D eigenvalue weighted by molar-refractivity contribution is 0.412. The molecule has 0 saturated carbocycles. The van der Waals surface area contributed by atoms with Crippen molar-refractivity contribution in [2.45, 2.75) is 45.2 Å². The predicted molar refractivity (Wildman–Crippen MR) is 86.5 cm³/mol. The fourth-order valence-electron chi connectivity index (χ4n) is 3.23. The molecule has 2 atom stereocenters. The van der Waals surface area contributed by atoms with Crippen LogP contribution in [0.5, 0.6) is 5.75 Å². The van der Waals surface area contributed by atoms with Crippen LogP contribution in [-0.4, -0.2) is 5.11 Å². The summed E-state index contributed by atoms with van der Waals surface area (Å²) in [4.78, 5) is 0. The monoisotopic (exact) mass is 281 g/mol. The minimum Gasteiger partial charge on any atom is -0.508 e. The van der Waals surface area contributed by atoms with E-state index >= 15 is 0 Å². The fourth-order valence-corrected chi connectivity index (χ4v) is 3.23. The summed E-state index contributed by atoms with van der Waals surface area (Å²) in [6.07, 6.45) is 3.41. The smallest absolute Gasteiger partial charge is 0.115 e. The molecule has 3 rings (SSSR count). The van der Waals surface area contributed by atoms with E-state index in [1.807, 2.05) is 6.07 Å². The highest BCUT2D eigenvalue weighted by atomic mass is 16.3. The number of aryl methyl sites for hydroxylation is 2. The molecule has 0 fully saturated rings. The molecule has 0 amide bonds. The first-order chi connectivity index (χ1) is 10.1. The van der Waals surface area contributed by atoms with Crippen LogP contribution in [0.1, 0.15) is 54.1 Å². The Kier molecular flexibility index (Phi) is 3.98. The molecule has 0 spiro atoms. The van der Waals surface area contributed by atoms with Gasteiger partial charge < -0.3 is 10.4 Å². The first-order valence-electron chi connectivity index (χ1n) is 7.78. The minimum absolute atomic E-state index is 0.329. The molecule has 2 heteroatoms. The Morgan fingerprint density at radius 1 is 1.14 bits per heavy atom. The van der Waals surface area contributed by atoms with Gasteiger partial charge in [-0.05, 0) is 61.9 Å². The summed E-state index contributed by atoms with van der Waals surface area (Å²) in [5.74, 6) is 0.376. The van der Waals surface area contributed by atoms with Gasteiger partial charge in [-0.3, -0.25) is 0 Å². The van der Waals surface area contributed by atoms with Crippen molar-refractivity contribution in [2.75, 3.05) is 0 Å². The zero-order valence-electron chi connectivity index (χ0n) is 12.8. The average Bonchev–Trinajstić information content (AvgIpc) is 2.47. The van der Waals surface area contributed by atoms with Crippen LogP contribution in [0.4, 0.5) is 0 Å². The van der Waals surface area contributed by atoms with Crippen molar-refractivity contribution in [1.29, 1.82) is 0 Å². The Labute approximate surface area is 126 Å². The van der Waals surface area contributed by atoms with E-state index in [1.165, 1.54) is 28.7 Å². The molecule has 2 aromatic carbocycles. The molecule has 0 heterocycles. The van der Waals surface area contributed by atoms with Crippen LogP contribution >= 0.6 is 0 Å². The van der Waals surface area contributed by atoms with Gasteiger partial charge in [0.1, 0.15) is 5.75 Å². The van der Waals surface area contributed by atoms with Gasteiger partial charge in [-0.1, -0.05) is 35.9 Å². The van der Waals surface area contributed by atoms with Crippen molar-refractivity contribution in [3.8, 4) is 5.75 Å². The Morgan fingerprint density at radius 2 is 1.90 bits per heavy atom. The summed E-state index contributed by atoms with van der Waals surface area (Å²) in [6.45, 7) is 4.34. The number of phenolic OH excluding ortho intramolecular Hbond substituents is 1. The molecule has 110 valence electrons. The molecule has 0 radical (unpaired) electrons. The van der Waals surface area contributed by atoms with Crippen molar-refractivity contribution >= 4 is 0 Å². The number of hydrogen-bond donors (Lipinski definition) is 2.